The van der Waals surface area contributed by atoms with Gasteiger partial charge >= 0.3 is 0 Å². The third-order valence-electron chi connectivity index (χ3n) is 4.52. The molecule has 1 aliphatic heterocycles. The van der Waals surface area contributed by atoms with Crippen molar-refractivity contribution < 1.29 is 9.90 Å². The number of aromatic nitrogens is 2. The summed E-state index contributed by atoms with van der Waals surface area (Å²) in [5.41, 5.74) is -0.110. The van der Waals surface area contributed by atoms with Gasteiger partial charge in [0.1, 0.15) is 0 Å². The predicted molar refractivity (Wildman–Crippen MR) is 89.0 cm³/mol. The normalized spacial score (nSPS) is 22.0. The fourth-order valence-electron chi connectivity index (χ4n) is 3.19. The lowest BCUT2D eigenvalue weighted by molar-refractivity contribution is -0.154. The Hall–Kier alpha value is -1.92. The molecule has 1 amide bonds. The van der Waals surface area contributed by atoms with E-state index < -0.39 is 5.60 Å². The Morgan fingerprint density at radius 3 is 3.09 bits per heavy atom. The number of para-hydroxylation sites is 1. The summed E-state index contributed by atoms with van der Waals surface area (Å²) >= 11 is 0. The summed E-state index contributed by atoms with van der Waals surface area (Å²) in [5.74, 6) is -0.172. The van der Waals surface area contributed by atoms with Gasteiger partial charge in [-0.3, -0.25) is 9.48 Å². The SMILES string of the molecule is CN1CCC[C@@](O)(CNCCCn2ncc3ccccc32)C1=O. The summed E-state index contributed by atoms with van der Waals surface area (Å²) in [6, 6.07) is 8.14. The van der Waals surface area contributed by atoms with E-state index in [2.05, 4.69) is 22.5 Å². The number of piperidine rings is 1. The van der Waals surface area contributed by atoms with Crippen LogP contribution < -0.4 is 5.32 Å². The lowest BCUT2D eigenvalue weighted by Gasteiger charge is -2.36. The van der Waals surface area contributed by atoms with Crippen LogP contribution in [0.5, 0.6) is 0 Å². The molecule has 1 aliphatic rings. The first-order valence-electron chi connectivity index (χ1n) is 8.19. The molecule has 0 saturated carbocycles. The van der Waals surface area contributed by atoms with E-state index in [1.54, 1.807) is 11.9 Å². The number of benzene rings is 1. The molecule has 0 radical (unpaired) electrons. The number of aliphatic hydroxyl groups is 1. The number of likely N-dealkylation sites (N-methyl/N-ethyl adjacent to an activating group) is 1. The Kier molecular flexibility index (Phi) is 4.63. The van der Waals surface area contributed by atoms with Crippen molar-refractivity contribution in [1.29, 1.82) is 0 Å². The van der Waals surface area contributed by atoms with Gasteiger partial charge < -0.3 is 15.3 Å². The standard InChI is InChI=1S/C17H24N4O2/c1-20-10-4-8-17(23,16(20)22)13-18-9-5-11-21-15-7-3-2-6-14(15)12-19-21/h2-3,6-7,12,18,23H,4-5,8-11,13H2,1H3/t17-/m1/s1. The van der Waals surface area contributed by atoms with Gasteiger partial charge in [-0.1, -0.05) is 18.2 Å². The maximum atomic E-state index is 12.1. The number of carbonyl (C=O) groups excluding carboxylic acids is 1. The molecule has 6 heteroatoms. The first kappa shape index (κ1) is 16.0. The van der Waals surface area contributed by atoms with Crippen LogP contribution in [0, 0.1) is 0 Å². The average molecular weight is 316 g/mol. The lowest BCUT2D eigenvalue weighted by Crippen LogP contribution is -2.57. The van der Waals surface area contributed by atoms with Gasteiger partial charge in [0.15, 0.2) is 5.60 Å². The van der Waals surface area contributed by atoms with Gasteiger partial charge in [0.25, 0.3) is 5.91 Å². The summed E-state index contributed by atoms with van der Waals surface area (Å²) in [5, 5.41) is 19.2. The van der Waals surface area contributed by atoms with Gasteiger partial charge in [0.05, 0.1) is 11.7 Å². The number of nitrogens with one attached hydrogen (secondary N) is 1. The number of aryl methyl sites for hydroxylation is 1. The molecular formula is C17H24N4O2. The van der Waals surface area contributed by atoms with E-state index in [1.807, 2.05) is 23.0 Å². The number of likely N-dealkylation sites (tertiary alicyclic amines) is 1. The van der Waals surface area contributed by atoms with Crippen molar-refractivity contribution in [1.82, 2.24) is 20.0 Å². The Bertz CT molecular complexity index is 684. The minimum absolute atomic E-state index is 0.172. The Morgan fingerprint density at radius 2 is 2.22 bits per heavy atom. The van der Waals surface area contributed by atoms with Crippen molar-refractivity contribution in [2.75, 3.05) is 26.7 Å². The molecule has 2 N–H and O–H groups in total. The highest BCUT2D eigenvalue weighted by atomic mass is 16.3. The zero-order valence-corrected chi connectivity index (χ0v) is 13.5. The smallest absolute Gasteiger partial charge is 0.255 e. The third kappa shape index (κ3) is 3.38. The van der Waals surface area contributed by atoms with Gasteiger partial charge in [0, 0.05) is 32.1 Å². The molecule has 2 heterocycles. The first-order chi connectivity index (χ1) is 11.1. The van der Waals surface area contributed by atoms with E-state index >= 15 is 0 Å². The van der Waals surface area contributed by atoms with E-state index in [-0.39, 0.29) is 5.91 Å². The first-order valence-corrected chi connectivity index (χ1v) is 8.19. The van der Waals surface area contributed by atoms with E-state index in [9.17, 15) is 9.90 Å². The van der Waals surface area contributed by atoms with Gasteiger partial charge in [-0.05, 0) is 31.9 Å². The zero-order chi connectivity index (χ0) is 16.3. The minimum atomic E-state index is -1.24. The van der Waals surface area contributed by atoms with Crippen LogP contribution in [0.1, 0.15) is 19.3 Å². The molecule has 1 saturated heterocycles. The molecule has 0 unspecified atom stereocenters. The number of hydrogen-bond donors (Lipinski definition) is 2. The number of carbonyl (C=O) groups is 1. The van der Waals surface area contributed by atoms with Crippen LogP contribution in [0.4, 0.5) is 0 Å². The second-order valence-electron chi connectivity index (χ2n) is 6.32. The van der Waals surface area contributed by atoms with Gasteiger partial charge in [0.2, 0.25) is 0 Å². The fourth-order valence-corrected chi connectivity index (χ4v) is 3.19. The summed E-state index contributed by atoms with van der Waals surface area (Å²) in [6.07, 6.45) is 4.15. The molecule has 2 aromatic rings. The summed E-state index contributed by atoms with van der Waals surface area (Å²) in [7, 11) is 1.75. The maximum Gasteiger partial charge on any atom is 0.255 e. The number of hydrogen-bond acceptors (Lipinski definition) is 4. The van der Waals surface area contributed by atoms with E-state index in [0.29, 0.717) is 13.0 Å². The number of fused-ring (bicyclic) bond motifs is 1. The van der Waals surface area contributed by atoms with Crippen molar-refractivity contribution in [3.63, 3.8) is 0 Å². The zero-order valence-electron chi connectivity index (χ0n) is 13.5. The van der Waals surface area contributed by atoms with Crippen LogP contribution >= 0.6 is 0 Å². The monoisotopic (exact) mass is 316 g/mol. The topological polar surface area (TPSA) is 70.4 Å². The van der Waals surface area contributed by atoms with Gasteiger partial charge in [-0.25, -0.2) is 0 Å². The van der Waals surface area contributed by atoms with E-state index in [1.165, 1.54) is 0 Å². The van der Waals surface area contributed by atoms with Crippen molar-refractivity contribution in [2.45, 2.75) is 31.4 Å². The molecule has 3 rings (SSSR count). The number of amides is 1. The fraction of sp³-hybridized carbons (Fsp3) is 0.529. The number of rotatable bonds is 6. The van der Waals surface area contributed by atoms with Crippen molar-refractivity contribution in [2.24, 2.45) is 0 Å². The molecule has 0 aliphatic carbocycles. The molecule has 0 bridgehead atoms. The van der Waals surface area contributed by atoms with Crippen molar-refractivity contribution >= 4 is 16.8 Å². The summed E-state index contributed by atoms with van der Waals surface area (Å²) < 4.78 is 1.99. The van der Waals surface area contributed by atoms with E-state index in [0.717, 1.165) is 43.4 Å². The highest BCUT2D eigenvalue weighted by molar-refractivity contribution is 5.85. The van der Waals surface area contributed by atoms with E-state index in [4.69, 9.17) is 0 Å². The molecule has 1 aromatic heterocycles. The van der Waals surface area contributed by atoms with Gasteiger partial charge in [-0.15, -0.1) is 0 Å². The highest BCUT2D eigenvalue weighted by Crippen LogP contribution is 2.20. The Balaban J connectivity index is 1.46. The highest BCUT2D eigenvalue weighted by Gasteiger charge is 2.40. The van der Waals surface area contributed by atoms with Crippen LogP contribution in [0.15, 0.2) is 30.5 Å². The van der Waals surface area contributed by atoms with Crippen LogP contribution in [-0.2, 0) is 11.3 Å². The second-order valence-corrected chi connectivity index (χ2v) is 6.32. The molecule has 23 heavy (non-hydrogen) atoms. The molecule has 1 aromatic carbocycles. The van der Waals surface area contributed by atoms with Crippen LogP contribution in [0.3, 0.4) is 0 Å². The molecule has 1 atom stereocenters. The molecular weight excluding hydrogens is 292 g/mol. The van der Waals surface area contributed by atoms with Crippen LogP contribution in [0.2, 0.25) is 0 Å². The molecule has 124 valence electrons. The second kappa shape index (κ2) is 6.68. The Labute approximate surface area is 136 Å². The Morgan fingerprint density at radius 1 is 1.39 bits per heavy atom. The predicted octanol–water partition coefficient (Wildman–Crippen LogP) is 0.999. The maximum absolute atomic E-state index is 12.1. The van der Waals surface area contributed by atoms with Crippen LogP contribution in [-0.4, -0.2) is 58.0 Å². The third-order valence-corrected chi connectivity index (χ3v) is 4.52. The summed E-state index contributed by atoms with van der Waals surface area (Å²) in [6.45, 7) is 2.60. The number of nitrogens with zero attached hydrogens (tertiary/aromatic N) is 3. The van der Waals surface area contributed by atoms with Crippen molar-refractivity contribution in [3.8, 4) is 0 Å². The lowest BCUT2D eigenvalue weighted by atomic mass is 9.92. The summed E-state index contributed by atoms with van der Waals surface area (Å²) in [4.78, 5) is 13.7. The average Bonchev–Trinajstić information content (AvgIpc) is 2.96. The minimum Gasteiger partial charge on any atom is -0.379 e. The van der Waals surface area contributed by atoms with Gasteiger partial charge in [-0.2, -0.15) is 5.10 Å². The quantitative estimate of drug-likeness (QED) is 0.780. The largest absolute Gasteiger partial charge is 0.379 e. The van der Waals surface area contributed by atoms with Crippen LogP contribution in [0.25, 0.3) is 10.9 Å². The van der Waals surface area contributed by atoms with Crippen molar-refractivity contribution in [3.05, 3.63) is 30.5 Å². The molecule has 6 nitrogen and oxygen atoms in total. The molecule has 0 spiro atoms. The molecule has 1 fully saturated rings.